The number of carbonyl (C=O) groups excluding carboxylic acids is 1. The molecule has 2 atom stereocenters. The van der Waals surface area contributed by atoms with E-state index in [0.29, 0.717) is 19.6 Å². The molecule has 0 amide bonds. The van der Waals surface area contributed by atoms with Crippen molar-refractivity contribution < 1.29 is 24.1 Å². The molecule has 16 heavy (non-hydrogen) atoms. The van der Waals surface area contributed by atoms with E-state index in [0.717, 1.165) is 12.7 Å². The predicted molar refractivity (Wildman–Crippen MR) is 55.2 cm³/mol. The Morgan fingerprint density at radius 3 is 2.88 bits per heavy atom. The highest BCUT2D eigenvalue weighted by Gasteiger charge is 2.28. The van der Waals surface area contributed by atoms with Gasteiger partial charge < -0.3 is 14.2 Å². The Hall–Kier alpha value is -0.910. The van der Waals surface area contributed by atoms with Crippen molar-refractivity contribution in [3.63, 3.8) is 0 Å². The molecular formula is C11H17O5. The maximum Gasteiger partial charge on any atom is 0.305 e. The van der Waals surface area contributed by atoms with E-state index < -0.39 is 11.8 Å². The SMILES string of the molecule is C=CC([O])(CCCOCC1CO1)OC(C)=O. The molecule has 0 aromatic carbocycles. The molecule has 1 aliphatic heterocycles. The van der Waals surface area contributed by atoms with Crippen molar-refractivity contribution in [1.29, 1.82) is 0 Å². The highest BCUT2D eigenvalue weighted by Crippen LogP contribution is 2.17. The summed E-state index contributed by atoms with van der Waals surface area (Å²) >= 11 is 0. The van der Waals surface area contributed by atoms with Crippen molar-refractivity contribution in [1.82, 2.24) is 0 Å². The molecule has 91 valence electrons. The smallest absolute Gasteiger partial charge is 0.305 e. The second-order valence-electron chi connectivity index (χ2n) is 3.74. The normalized spacial score (nSPS) is 22.2. The summed E-state index contributed by atoms with van der Waals surface area (Å²) in [7, 11) is 0. The summed E-state index contributed by atoms with van der Waals surface area (Å²) in [5, 5.41) is 11.7. The number of esters is 1. The lowest BCUT2D eigenvalue weighted by molar-refractivity contribution is -0.212. The van der Waals surface area contributed by atoms with E-state index in [9.17, 15) is 9.90 Å². The highest BCUT2D eigenvalue weighted by molar-refractivity contribution is 5.66. The molecule has 0 spiro atoms. The predicted octanol–water partition coefficient (Wildman–Crippen LogP) is 1.06. The molecule has 1 radical (unpaired) electrons. The number of carbonyl (C=O) groups is 1. The molecule has 0 aliphatic carbocycles. The summed E-state index contributed by atoms with van der Waals surface area (Å²) in [5.74, 6) is -2.42. The second kappa shape index (κ2) is 5.98. The fourth-order valence-corrected chi connectivity index (χ4v) is 1.24. The largest absolute Gasteiger partial charge is 0.427 e. The van der Waals surface area contributed by atoms with Crippen LogP contribution in [-0.4, -0.2) is 37.7 Å². The van der Waals surface area contributed by atoms with Gasteiger partial charge in [-0.1, -0.05) is 6.58 Å². The van der Waals surface area contributed by atoms with E-state index in [1.807, 2.05) is 0 Å². The van der Waals surface area contributed by atoms with Crippen LogP contribution >= 0.6 is 0 Å². The van der Waals surface area contributed by atoms with Crippen molar-refractivity contribution in [2.45, 2.75) is 31.7 Å². The van der Waals surface area contributed by atoms with Gasteiger partial charge in [0.15, 0.2) is 0 Å². The van der Waals surface area contributed by atoms with Crippen LogP contribution < -0.4 is 0 Å². The van der Waals surface area contributed by atoms with Gasteiger partial charge in [-0.05, 0) is 12.5 Å². The van der Waals surface area contributed by atoms with Gasteiger partial charge in [0.25, 0.3) is 5.79 Å². The first-order chi connectivity index (χ1) is 7.56. The Kier molecular flexibility index (Phi) is 4.92. The molecule has 0 aromatic rings. The van der Waals surface area contributed by atoms with Crippen molar-refractivity contribution >= 4 is 5.97 Å². The standard InChI is InChI=1S/C11H17O5/c1-3-11(13,16-9(2)12)5-4-6-14-7-10-8-15-10/h3,10H,1,4-8H2,2H3. The van der Waals surface area contributed by atoms with E-state index in [1.54, 1.807) is 0 Å². The lowest BCUT2D eigenvalue weighted by Gasteiger charge is -2.20. The number of epoxide rings is 1. The van der Waals surface area contributed by atoms with Gasteiger partial charge in [0.1, 0.15) is 6.10 Å². The molecule has 2 unspecified atom stereocenters. The zero-order valence-corrected chi connectivity index (χ0v) is 9.44. The highest BCUT2D eigenvalue weighted by atomic mass is 16.7. The van der Waals surface area contributed by atoms with Gasteiger partial charge in [0.05, 0.1) is 13.2 Å². The average Bonchev–Trinajstić information content (AvgIpc) is 3.00. The number of hydrogen-bond donors (Lipinski definition) is 0. The zero-order chi connectivity index (χ0) is 12.0. The van der Waals surface area contributed by atoms with Gasteiger partial charge in [-0.3, -0.25) is 4.79 Å². The van der Waals surface area contributed by atoms with Gasteiger partial charge in [-0.2, -0.15) is 5.11 Å². The molecule has 1 aliphatic rings. The minimum absolute atomic E-state index is 0.168. The van der Waals surface area contributed by atoms with Gasteiger partial charge in [0.2, 0.25) is 0 Å². The van der Waals surface area contributed by atoms with Crippen LogP contribution in [-0.2, 0) is 24.1 Å². The van der Waals surface area contributed by atoms with Gasteiger partial charge in [-0.25, -0.2) is 0 Å². The fraction of sp³-hybridized carbons (Fsp3) is 0.727. The monoisotopic (exact) mass is 229 g/mol. The minimum atomic E-state index is -1.83. The minimum Gasteiger partial charge on any atom is -0.427 e. The quantitative estimate of drug-likeness (QED) is 0.205. The summed E-state index contributed by atoms with van der Waals surface area (Å²) in [6.07, 6.45) is 2.03. The molecular weight excluding hydrogens is 212 g/mol. The molecule has 1 rings (SSSR count). The second-order valence-corrected chi connectivity index (χ2v) is 3.74. The Bertz CT molecular complexity index is 249. The molecule has 5 heteroatoms. The van der Waals surface area contributed by atoms with Crippen molar-refractivity contribution in [2.75, 3.05) is 19.8 Å². The number of ether oxygens (including phenoxy) is 3. The third-order valence-corrected chi connectivity index (χ3v) is 2.15. The van der Waals surface area contributed by atoms with Crippen LogP contribution in [0.4, 0.5) is 0 Å². The molecule has 0 bridgehead atoms. The Labute approximate surface area is 95.0 Å². The summed E-state index contributed by atoms with van der Waals surface area (Å²) in [6.45, 7) is 6.35. The van der Waals surface area contributed by atoms with Crippen LogP contribution in [0, 0.1) is 0 Å². The number of rotatable bonds is 8. The first-order valence-electron chi connectivity index (χ1n) is 5.29. The molecule has 0 aromatic heterocycles. The lowest BCUT2D eigenvalue weighted by Crippen LogP contribution is -2.30. The van der Waals surface area contributed by atoms with Crippen molar-refractivity contribution in [3.8, 4) is 0 Å². The zero-order valence-electron chi connectivity index (χ0n) is 9.44. The van der Waals surface area contributed by atoms with E-state index in [4.69, 9.17) is 9.47 Å². The van der Waals surface area contributed by atoms with Gasteiger partial charge in [-0.15, -0.1) is 0 Å². The van der Waals surface area contributed by atoms with E-state index in [1.165, 1.54) is 6.92 Å². The van der Waals surface area contributed by atoms with Crippen LogP contribution in [0.1, 0.15) is 19.8 Å². The topological polar surface area (TPSA) is 68.0 Å². The summed E-state index contributed by atoms with van der Waals surface area (Å²) in [6, 6.07) is 0. The molecule has 1 saturated heterocycles. The Morgan fingerprint density at radius 2 is 2.38 bits per heavy atom. The number of hydrogen-bond acceptors (Lipinski definition) is 4. The van der Waals surface area contributed by atoms with E-state index in [2.05, 4.69) is 11.3 Å². The van der Waals surface area contributed by atoms with Crippen LogP contribution in [0.25, 0.3) is 0 Å². The third kappa shape index (κ3) is 5.25. The van der Waals surface area contributed by atoms with E-state index in [-0.39, 0.29) is 12.5 Å². The maximum atomic E-state index is 11.7. The summed E-state index contributed by atoms with van der Waals surface area (Å²) in [5.41, 5.74) is 0. The van der Waals surface area contributed by atoms with Crippen LogP contribution in [0.2, 0.25) is 0 Å². The molecule has 1 heterocycles. The van der Waals surface area contributed by atoms with E-state index >= 15 is 0 Å². The van der Waals surface area contributed by atoms with Crippen molar-refractivity contribution in [2.24, 2.45) is 0 Å². The summed E-state index contributed by atoms with van der Waals surface area (Å²) < 4.78 is 14.9. The van der Waals surface area contributed by atoms with Crippen LogP contribution in [0.5, 0.6) is 0 Å². The molecule has 1 fully saturated rings. The van der Waals surface area contributed by atoms with Gasteiger partial charge >= 0.3 is 5.97 Å². The summed E-state index contributed by atoms with van der Waals surface area (Å²) in [4.78, 5) is 10.7. The Balaban J connectivity index is 2.11. The molecule has 0 N–H and O–H groups in total. The maximum absolute atomic E-state index is 11.7. The first kappa shape index (κ1) is 13.2. The van der Waals surface area contributed by atoms with Crippen LogP contribution in [0.3, 0.4) is 0 Å². The molecule has 0 saturated carbocycles. The Morgan fingerprint density at radius 1 is 1.69 bits per heavy atom. The first-order valence-corrected chi connectivity index (χ1v) is 5.29. The van der Waals surface area contributed by atoms with Crippen LogP contribution in [0.15, 0.2) is 12.7 Å². The average molecular weight is 229 g/mol. The third-order valence-electron chi connectivity index (χ3n) is 2.15. The molecule has 5 nitrogen and oxygen atoms in total. The lowest BCUT2D eigenvalue weighted by atomic mass is 10.1. The van der Waals surface area contributed by atoms with Gasteiger partial charge in [0, 0.05) is 20.0 Å². The fourth-order valence-electron chi connectivity index (χ4n) is 1.24. The van der Waals surface area contributed by atoms with Crippen molar-refractivity contribution in [3.05, 3.63) is 12.7 Å².